The minimum absolute atomic E-state index is 0.0506. The molecule has 1 aromatic carbocycles. The Morgan fingerprint density at radius 1 is 1.43 bits per heavy atom. The summed E-state index contributed by atoms with van der Waals surface area (Å²) >= 11 is 0. The SMILES string of the molecule is CCOC(=O)C=C(C)NC(=O)c1ccc([N+](=O)[O-])c(C)c1. The molecule has 0 bridgehead atoms. The Hall–Kier alpha value is -2.70. The van der Waals surface area contributed by atoms with Gasteiger partial charge in [0.05, 0.1) is 11.5 Å². The minimum atomic E-state index is -0.546. The molecule has 1 amide bonds. The maximum atomic E-state index is 12.0. The maximum absolute atomic E-state index is 12.0. The average molecular weight is 292 g/mol. The summed E-state index contributed by atoms with van der Waals surface area (Å²) in [5, 5.41) is 13.2. The Morgan fingerprint density at radius 3 is 2.62 bits per heavy atom. The van der Waals surface area contributed by atoms with Crippen LogP contribution in [0.2, 0.25) is 0 Å². The van der Waals surface area contributed by atoms with E-state index in [9.17, 15) is 19.7 Å². The van der Waals surface area contributed by atoms with Gasteiger partial charge >= 0.3 is 5.97 Å². The molecular formula is C14H16N2O5. The van der Waals surface area contributed by atoms with Crippen molar-refractivity contribution in [1.82, 2.24) is 5.32 Å². The van der Waals surface area contributed by atoms with Crippen molar-refractivity contribution in [3.63, 3.8) is 0 Å². The van der Waals surface area contributed by atoms with Crippen LogP contribution in [-0.4, -0.2) is 23.4 Å². The maximum Gasteiger partial charge on any atom is 0.332 e. The molecule has 0 unspecified atom stereocenters. The van der Waals surface area contributed by atoms with E-state index in [4.69, 9.17) is 4.74 Å². The van der Waals surface area contributed by atoms with Gasteiger partial charge < -0.3 is 10.1 Å². The number of nitro groups is 1. The number of rotatable bonds is 5. The second kappa shape index (κ2) is 7.18. The van der Waals surface area contributed by atoms with Gasteiger partial charge in [-0.2, -0.15) is 0 Å². The molecule has 0 saturated carbocycles. The van der Waals surface area contributed by atoms with Gasteiger partial charge in [-0.25, -0.2) is 4.79 Å². The van der Waals surface area contributed by atoms with E-state index in [1.807, 2.05) is 0 Å². The van der Waals surface area contributed by atoms with Crippen LogP contribution < -0.4 is 5.32 Å². The molecule has 0 aliphatic rings. The van der Waals surface area contributed by atoms with Gasteiger partial charge in [-0.3, -0.25) is 14.9 Å². The van der Waals surface area contributed by atoms with Crippen molar-refractivity contribution < 1.29 is 19.2 Å². The van der Waals surface area contributed by atoms with Crippen molar-refractivity contribution in [3.8, 4) is 0 Å². The Bertz CT molecular complexity index is 607. The molecule has 1 aromatic rings. The summed E-state index contributed by atoms with van der Waals surface area (Å²) in [4.78, 5) is 33.4. The number of nitrogens with zero attached hydrogens (tertiary/aromatic N) is 1. The predicted octanol–water partition coefficient (Wildman–Crippen LogP) is 2.10. The molecule has 0 atom stereocenters. The number of allylic oxidation sites excluding steroid dienone is 1. The van der Waals surface area contributed by atoms with Gasteiger partial charge in [0.25, 0.3) is 11.6 Å². The zero-order chi connectivity index (χ0) is 16.0. The molecule has 0 heterocycles. The lowest BCUT2D eigenvalue weighted by Crippen LogP contribution is -2.22. The highest BCUT2D eigenvalue weighted by Crippen LogP contribution is 2.18. The fourth-order valence-electron chi connectivity index (χ4n) is 1.65. The van der Waals surface area contributed by atoms with Gasteiger partial charge in [0.15, 0.2) is 0 Å². The standard InChI is InChI=1S/C14H16N2O5/c1-4-21-13(17)8-10(3)15-14(18)11-5-6-12(16(19)20)9(2)7-11/h5-8H,4H2,1-3H3,(H,15,18). The van der Waals surface area contributed by atoms with E-state index in [0.717, 1.165) is 0 Å². The Morgan fingerprint density at radius 2 is 2.10 bits per heavy atom. The molecule has 0 aliphatic heterocycles. The van der Waals surface area contributed by atoms with Gasteiger partial charge in [0, 0.05) is 29.0 Å². The Balaban J connectivity index is 2.83. The summed E-state index contributed by atoms with van der Waals surface area (Å²) in [6.07, 6.45) is 1.17. The number of amides is 1. The number of benzene rings is 1. The summed E-state index contributed by atoms with van der Waals surface area (Å²) in [5.74, 6) is -0.999. The predicted molar refractivity (Wildman–Crippen MR) is 75.7 cm³/mol. The second-order valence-electron chi connectivity index (χ2n) is 4.29. The second-order valence-corrected chi connectivity index (χ2v) is 4.29. The molecule has 112 valence electrons. The molecule has 0 aliphatic carbocycles. The smallest absolute Gasteiger partial charge is 0.332 e. The fourth-order valence-corrected chi connectivity index (χ4v) is 1.65. The van der Waals surface area contributed by atoms with Gasteiger partial charge in [0.2, 0.25) is 0 Å². The number of aryl methyl sites for hydroxylation is 1. The van der Waals surface area contributed by atoms with Gasteiger partial charge in [-0.05, 0) is 32.9 Å². The van der Waals surface area contributed by atoms with Crippen molar-refractivity contribution in [2.24, 2.45) is 0 Å². The highest BCUT2D eigenvalue weighted by atomic mass is 16.6. The summed E-state index contributed by atoms with van der Waals surface area (Å²) < 4.78 is 4.72. The van der Waals surface area contributed by atoms with E-state index in [0.29, 0.717) is 11.3 Å². The first-order valence-electron chi connectivity index (χ1n) is 6.26. The summed E-state index contributed by atoms with van der Waals surface area (Å²) in [6, 6.07) is 4.05. The van der Waals surface area contributed by atoms with Crippen molar-refractivity contribution in [2.45, 2.75) is 20.8 Å². The number of hydrogen-bond donors (Lipinski definition) is 1. The van der Waals surface area contributed by atoms with Crippen LogP contribution in [0.25, 0.3) is 0 Å². The number of ether oxygens (including phenoxy) is 1. The molecule has 0 spiro atoms. The number of hydrogen-bond acceptors (Lipinski definition) is 5. The van der Waals surface area contributed by atoms with Crippen LogP contribution in [0.15, 0.2) is 30.0 Å². The lowest BCUT2D eigenvalue weighted by atomic mass is 10.1. The molecule has 1 N–H and O–H groups in total. The van der Waals surface area contributed by atoms with Crippen molar-refractivity contribution in [3.05, 3.63) is 51.2 Å². The van der Waals surface area contributed by atoms with Crippen LogP contribution in [0.5, 0.6) is 0 Å². The first-order chi connectivity index (χ1) is 9.85. The van der Waals surface area contributed by atoms with Crippen LogP contribution in [0.3, 0.4) is 0 Å². The molecule has 7 heteroatoms. The van der Waals surface area contributed by atoms with Crippen LogP contribution >= 0.6 is 0 Å². The van der Waals surface area contributed by atoms with Crippen molar-refractivity contribution in [1.29, 1.82) is 0 Å². The number of carbonyl (C=O) groups is 2. The van der Waals surface area contributed by atoms with Crippen molar-refractivity contribution >= 4 is 17.6 Å². The third kappa shape index (κ3) is 4.72. The lowest BCUT2D eigenvalue weighted by molar-refractivity contribution is -0.385. The number of carbonyl (C=O) groups excluding carboxylic acids is 2. The normalized spacial score (nSPS) is 10.9. The Labute approximate surface area is 121 Å². The van der Waals surface area contributed by atoms with Crippen LogP contribution in [0.1, 0.15) is 29.8 Å². The van der Waals surface area contributed by atoms with Gasteiger partial charge in [0.1, 0.15) is 0 Å². The largest absolute Gasteiger partial charge is 0.463 e. The fraction of sp³-hybridized carbons (Fsp3) is 0.286. The number of nitro benzene ring substituents is 1. The molecule has 7 nitrogen and oxygen atoms in total. The highest BCUT2D eigenvalue weighted by molar-refractivity contribution is 5.96. The van der Waals surface area contributed by atoms with Crippen LogP contribution in [0, 0.1) is 17.0 Å². The summed E-state index contributed by atoms with van der Waals surface area (Å²) in [7, 11) is 0. The summed E-state index contributed by atoms with van der Waals surface area (Å²) in [6.45, 7) is 5.03. The molecule has 0 fully saturated rings. The van der Waals surface area contributed by atoms with E-state index in [1.165, 1.54) is 24.3 Å². The average Bonchev–Trinajstić information content (AvgIpc) is 2.37. The molecule has 0 aromatic heterocycles. The van der Waals surface area contributed by atoms with Crippen LogP contribution in [-0.2, 0) is 9.53 Å². The third-order valence-corrected chi connectivity index (χ3v) is 2.59. The van der Waals surface area contributed by atoms with Gasteiger partial charge in [-0.1, -0.05) is 0 Å². The van der Waals surface area contributed by atoms with E-state index in [-0.39, 0.29) is 17.9 Å². The zero-order valence-electron chi connectivity index (χ0n) is 12.0. The van der Waals surface area contributed by atoms with E-state index < -0.39 is 16.8 Å². The number of nitrogens with one attached hydrogen (secondary N) is 1. The molecule has 0 saturated heterocycles. The summed E-state index contributed by atoms with van der Waals surface area (Å²) in [5.41, 5.74) is 0.939. The Kier molecular flexibility index (Phi) is 5.59. The minimum Gasteiger partial charge on any atom is -0.463 e. The topological polar surface area (TPSA) is 98.5 Å². The third-order valence-electron chi connectivity index (χ3n) is 2.59. The molecule has 21 heavy (non-hydrogen) atoms. The molecular weight excluding hydrogens is 276 g/mol. The van der Waals surface area contributed by atoms with Crippen LogP contribution in [0.4, 0.5) is 5.69 Å². The molecule has 0 radical (unpaired) electrons. The molecule has 1 rings (SSSR count). The quantitative estimate of drug-likeness (QED) is 0.388. The lowest BCUT2D eigenvalue weighted by Gasteiger charge is -2.06. The highest BCUT2D eigenvalue weighted by Gasteiger charge is 2.14. The first-order valence-corrected chi connectivity index (χ1v) is 6.26. The first kappa shape index (κ1) is 16.4. The number of esters is 1. The zero-order valence-corrected chi connectivity index (χ0v) is 12.0. The van der Waals surface area contributed by atoms with E-state index in [2.05, 4.69) is 5.32 Å². The van der Waals surface area contributed by atoms with Crippen molar-refractivity contribution in [2.75, 3.05) is 6.61 Å². The van der Waals surface area contributed by atoms with Gasteiger partial charge in [-0.15, -0.1) is 0 Å². The van der Waals surface area contributed by atoms with E-state index >= 15 is 0 Å². The van der Waals surface area contributed by atoms with E-state index in [1.54, 1.807) is 20.8 Å². The monoisotopic (exact) mass is 292 g/mol.